The quantitative estimate of drug-likeness (QED) is 0.925. The van der Waals surface area contributed by atoms with Gasteiger partial charge in [-0.05, 0) is 24.7 Å². The molecule has 2 heterocycles. The molecule has 2 aromatic rings. The van der Waals surface area contributed by atoms with Crippen LogP contribution in [0.5, 0.6) is 0 Å². The number of amides is 1. The summed E-state index contributed by atoms with van der Waals surface area (Å²) in [5.41, 5.74) is 0.643. The first-order valence-electron chi connectivity index (χ1n) is 8.26. The normalized spacial score (nSPS) is 15.2. The van der Waals surface area contributed by atoms with Crippen LogP contribution in [0.1, 0.15) is 17.3 Å². The third-order valence-electron chi connectivity index (χ3n) is 4.37. The predicted molar refractivity (Wildman–Crippen MR) is 92.9 cm³/mol. The third-order valence-corrected chi connectivity index (χ3v) is 4.37. The number of piperazine rings is 1. The molecule has 0 atom stereocenters. The van der Waals surface area contributed by atoms with Crippen molar-refractivity contribution >= 4 is 17.3 Å². The largest absolute Gasteiger partial charge is 0.368 e. The van der Waals surface area contributed by atoms with E-state index in [1.165, 1.54) is 12.3 Å². The van der Waals surface area contributed by atoms with Crippen molar-refractivity contribution in [1.29, 1.82) is 0 Å². The van der Waals surface area contributed by atoms with Gasteiger partial charge in [0.05, 0.1) is 17.4 Å². The molecule has 1 aliphatic rings. The fourth-order valence-electron chi connectivity index (χ4n) is 2.85. The number of halogens is 2. The number of para-hydroxylation sites is 1. The molecule has 1 aromatic carbocycles. The van der Waals surface area contributed by atoms with E-state index < -0.39 is 23.2 Å². The maximum absolute atomic E-state index is 13.7. The van der Waals surface area contributed by atoms with Crippen LogP contribution in [0.3, 0.4) is 0 Å². The predicted octanol–water partition coefficient (Wildman–Crippen LogP) is 2.75. The van der Waals surface area contributed by atoms with Crippen LogP contribution >= 0.6 is 0 Å². The summed E-state index contributed by atoms with van der Waals surface area (Å²) in [6.07, 6.45) is 3.09. The Morgan fingerprint density at radius 3 is 2.48 bits per heavy atom. The second kappa shape index (κ2) is 7.57. The molecule has 0 spiro atoms. The summed E-state index contributed by atoms with van der Waals surface area (Å²) in [6, 6.07) is 5.14. The summed E-state index contributed by atoms with van der Waals surface area (Å²) in [4.78, 5) is 20.9. The number of hydrogen-bond donors (Lipinski definition) is 1. The zero-order valence-electron chi connectivity index (χ0n) is 14.0. The van der Waals surface area contributed by atoms with E-state index in [9.17, 15) is 13.6 Å². The fraction of sp³-hybridized carbons (Fsp3) is 0.333. The van der Waals surface area contributed by atoms with Gasteiger partial charge in [0.15, 0.2) is 0 Å². The second-order valence-electron chi connectivity index (χ2n) is 5.90. The smallest absolute Gasteiger partial charge is 0.257 e. The molecule has 0 aliphatic carbocycles. The highest BCUT2D eigenvalue weighted by Crippen LogP contribution is 2.21. The van der Waals surface area contributed by atoms with Gasteiger partial charge in [0.1, 0.15) is 17.3 Å². The minimum atomic E-state index is -0.812. The van der Waals surface area contributed by atoms with Gasteiger partial charge < -0.3 is 15.1 Å². The van der Waals surface area contributed by atoms with Crippen molar-refractivity contribution in [2.45, 2.75) is 6.92 Å². The third kappa shape index (κ3) is 3.93. The molecule has 3 rings (SSSR count). The van der Waals surface area contributed by atoms with E-state index >= 15 is 0 Å². The van der Waals surface area contributed by atoms with Crippen molar-refractivity contribution in [3.05, 3.63) is 53.9 Å². The van der Waals surface area contributed by atoms with E-state index in [-0.39, 0.29) is 5.56 Å². The van der Waals surface area contributed by atoms with Crippen LogP contribution in [0.4, 0.5) is 20.2 Å². The molecule has 7 heteroatoms. The average molecular weight is 346 g/mol. The molecule has 0 unspecified atom stereocenters. The van der Waals surface area contributed by atoms with E-state index in [1.807, 2.05) is 0 Å². The number of aromatic nitrogens is 1. The molecular formula is C18H20F2N4O. The molecule has 0 radical (unpaired) electrons. The molecule has 1 amide bonds. The van der Waals surface area contributed by atoms with Crippen LogP contribution in [-0.2, 0) is 0 Å². The minimum absolute atomic E-state index is 0.262. The van der Waals surface area contributed by atoms with Crippen LogP contribution in [-0.4, -0.2) is 48.5 Å². The summed E-state index contributed by atoms with van der Waals surface area (Å²) < 4.78 is 27.4. The Hall–Kier alpha value is -2.54. The molecule has 1 fully saturated rings. The van der Waals surface area contributed by atoms with Crippen molar-refractivity contribution in [2.75, 3.05) is 42.9 Å². The van der Waals surface area contributed by atoms with Crippen molar-refractivity contribution < 1.29 is 13.6 Å². The van der Waals surface area contributed by atoms with E-state index in [4.69, 9.17) is 0 Å². The standard InChI is InChI=1S/C18H20F2N4O/c1-2-23-6-8-24(9-7-23)14-10-13(11-21-12-14)18(25)22-17-15(19)4-3-5-16(17)20/h3-5,10-12H,2,6-9H2,1H3,(H,22,25). The maximum Gasteiger partial charge on any atom is 0.257 e. The SMILES string of the molecule is CCN1CCN(c2cncc(C(=O)Nc3c(F)cccc3F)c2)CC1. The number of anilines is 2. The molecule has 25 heavy (non-hydrogen) atoms. The number of rotatable bonds is 4. The molecular weight excluding hydrogens is 326 g/mol. The van der Waals surface area contributed by atoms with Gasteiger partial charge in [0, 0.05) is 32.4 Å². The Balaban J connectivity index is 1.74. The number of carbonyl (C=O) groups is 1. The van der Waals surface area contributed by atoms with Crippen LogP contribution in [0, 0.1) is 11.6 Å². The Morgan fingerprint density at radius 2 is 1.84 bits per heavy atom. The lowest BCUT2D eigenvalue weighted by atomic mass is 10.2. The number of carbonyl (C=O) groups excluding carboxylic acids is 1. The van der Waals surface area contributed by atoms with Crippen molar-refractivity contribution in [2.24, 2.45) is 0 Å². The lowest BCUT2D eigenvalue weighted by molar-refractivity contribution is 0.102. The van der Waals surface area contributed by atoms with Gasteiger partial charge in [0.2, 0.25) is 0 Å². The zero-order chi connectivity index (χ0) is 17.8. The van der Waals surface area contributed by atoms with Gasteiger partial charge in [-0.1, -0.05) is 13.0 Å². The van der Waals surface area contributed by atoms with Crippen LogP contribution in [0.15, 0.2) is 36.7 Å². The first-order valence-corrected chi connectivity index (χ1v) is 8.26. The molecule has 1 aromatic heterocycles. The van der Waals surface area contributed by atoms with Crippen LogP contribution in [0.25, 0.3) is 0 Å². The molecule has 1 N–H and O–H groups in total. The molecule has 132 valence electrons. The van der Waals surface area contributed by atoms with Gasteiger partial charge in [-0.25, -0.2) is 8.78 Å². The molecule has 0 bridgehead atoms. The van der Waals surface area contributed by atoms with Crippen LogP contribution in [0.2, 0.25) is 0 Å². The summed E-state index contributed by atoms with van der Waals surface area (Å²) >= 11 is 0. The summed E-state index contributed by atoms with van der Waals surface area (Å²) in [5.74, 6) is -2.22. The highest BCUT2D eigenvalue weighted by Gasteiger charge is 2.18. The number of nitrogens with zero attached hydrogens (tertiary/aromatic N) is 3. The molecule has 0 saturated carbocycles. The molecule has 1 saturated heterocycles. The van der Waals surface area contributed by atoms with E-state index in [0.29, 0.717) is 0 Å². The van der Waals surface area contributed by atoms with Crippen molar-refractivity contribution in [3.63, 3.8) is 0 Å². The monoisotopic (exact) mass is 346 g/mol. The zero-order valence-corrected chi connectivity index (χ0v) is 14.0. The highest BCUT2D eigenvalue weighted by atomic mass is 19.1. The summed E-state index contributed by atoms with van der Waals surface area (Å²) in [6.45, 7) is 6.75. The average Bonchev–Trinajstić information content (AvgIpc) is 2.65. The Bertz CT molecular complexity index is 740. The van der Waals surface area contributed by atoms with Gasteiger partial charge in [0.25, 0.3) is 5.91 Å². The van der Waals surface area contributed by atoms with Gasteiger partial charge in [-0.3, -0.25) is 9.78 Å². The molecule has 5 nitrogen and oxygen atoms in total. The number of likely N-dealkylation sites (N-methyl/N-ethyl adjacent to an activating group) is 1. The Morgan fingerprint density at radius 1 is 1.16 bits per heavy atom. The first-order chi connectivity index (χ1) is 12.1. The van der Waals surface area contributed by atoms with Crippen molar-refractivity contribution in [3.8, 4) is 0 Å². The first kappa shape index (κ1) is 17.3. The van der Waals surface area contributed by atoms with Gasteiger partial charge in [-0.15, -0.1) is 0 Å². The summed E-state index contributed by atoms with van der Waals surface area (Å²) in [7, 11) is 0. The Kier molecular flexibility index (Phi) is 5.23. The van der Waals surface area contributed by atoms with E-state index in [2.05, 4.69) is 27.0 Å². The van der Waals surface area contributed by atoms with Gasteiger partial charge in [-0.2, -0.15) is 0 Å². The maximum atomic E-state index is 13.7. The lowest BCUT2D eigenvalue weighted by Gasteiger charge is -2.35. The second-order valence-corrected chi connectivity index (χ2v) is 5.90. The minimum Gasteiger partial charge on any atom is -0.368 e. The highest BCUT2D eigenvalue weighted by molar-refractivity contribution is 6.04. The van der Waals surface area contributed by atoms with E-state index in [0.717, 1.165) is 50.5 Å². The number of pyridine rings is 1. The van der Waals surface area contributed by atoms with Crippen LogP contribution < -0.4 is 10.2 Å². The van der Waals surface area contributed by atoms with E-state index in [1.54, 1.807) is 12.3 Å². The Labute approximate surface area is 145 Å². The molecule has 1 aliphatic heterocycles. The number of hydrogen-bond acceptors (Lipinski definition) is 4. The fourth-order valence-corrected chi connectivity index (χ4v) is 2.85. The van der Waals surface area contributed by atoms with Crippen molar-refractivity contribution in [1.82, 2.24) is 9.88 Å². The lowest BCUT2D eigenvalue weighted by Crippen LogP contribution is -2.46. The number of nitrogens with one attached hydrogen (secondary N) is 1. The summed E-state index contributed by atoms with van der Waals surface area (Å²) in [5, 5.41) is 2.29. The van der Waals surface area contributed by atoms with Gasteiger partial charge >= 0.3 is 0 Å². The topological polar surface area (TPSA) is 48.5 Å². The number of benzene rings is 1.